The summed E-state index contributed by atoms with van der Waals surface area (Å²) in [5.41, 5.74) is 6.11. The molecule has 1 aromatic carbocycles. The Kier molecular flexibility index (Phi) is 3.33. The Labute approximate surface area is 101 Å². The number of ether oxygens (including phenoxy) is 1. The van der Waals surface area contributed by atoms with E-state index in [0.717, 1.165) is 30.7 Å². The maximum Gasteiger partial charge on any atom is 0.231 e. The molecule has 1 aliphatic rings. The van der Waals surface area contributed by atoms with Crippen LogP contribution in [0.5, 0.6) is 5.75 Å². The lowest BCUT2D eigenvalue weighted by Crippen LogP contribution is -2.47. The van der Waals surface area contributed by atoms with E-state index in [2.05, 4.69) is 5.32 Å². The van der Waals surface area contributed by atoms with Crippen LogP contribution < -0.4 is 15.8 Å². The third-order valence-corrected chi connectivity index (χ3v) is 3.51. The van der Waals surface area contributed by atoms with Crippen molar-refractivity contribution in [2.45, 2.75) is 19.3 Å². The van der Waals surface area contributed by atoms with Gasteiger partial charge in [0.25, 0.3) is 0 Å². The van der Waals surface area contributed by atoms with Crippen molar-refractivity contribution < 1.29 is 9.53 Å². The Morgan fingerprint density at radius 2 is 2.29 bits per heavy atom. The molecule has 0 unspecified atom stereocenters. The van der Waals surface area contributed by atoms with Gasteiger partial charge in [-0.05, 0) is 25.0 Å². The summed E-state index contributed by atoms with van der Waals surface area (Å²) in [7, 11) is 1.61. The highest BCUT2D eigenvalue weighted by Gasteiger charge is 2.42. The molecule has 0 heterocycles. The number of carbonyl (C=O) groups excluding carboxylic acids is 1. The standard InChI is InChI=1S/C13H18N2O2/c1-17-11-5-2-4-10(8-11)15-12(16)13(9-14)6-3-7-13/h2,4-5,8H,3,6-7,9,14H2,1H3,(H,15,16). The van der Waals surface area contributed by atoms with E-state index in [4.69, 9.17) is 10.5 Å². The molecule has 4 nitrogen and oxygen atoms in total. The molecule has 3 N–H and O–H groups in total. The zero-order valence-corrected chi connectivity index (χ0v) is 10.0. The van der Waals surface area contributed by atoms with Crippen molar-refractivity contribution in [3.05, 3.63) is 24.3 Å². The number of anilines is 1. The molecule has 0 bridgehead atoms. The molecule has 1 fully saturated rings. The molecule has 4 heteroatoms. The minimum atomic E-state index is -0.344. The van der Waals surface area contributed by atoms with Crippen LogP contribution in [0.2, 0.25) is 0 Å². The smallest absolute Gasteiger partial charge is 0.231 e. The predicted molar refractivity (Wildman–Crippen MR) is 67.0 cm³/mol. The molecule has 92 valence electrons. The van der Waals surface area contributed by atoms with Gasteiger partial charge in [0.05, 0.1) is 12.5 Å². The van der Waals surface area contributed by atoms with Crippen molar-refractivity contribution in [1.29, 1.82) is 0 Å². The van der Waals surface area contributed by atoms with Crippen LogP contribution in [-0.2, 0) is 4.79 Å². The Bertz CT molecular complexity index is 408. The molecule has 1 saturated carbocycles. The second-order valence-corrected chi connectivity index (χ2v) is 4.52. The summed E-state index contributed by atoms with van der Waals surface area (Å²) < 4.78 is 5.11. The summed E-state index contributed by atoms with van der Waals surface area (Å²) in [4.78, 5) is 12.1. The van der Waals surface area contributed by atoms with Gasteiger partial charge in [-0.15, -0.1) is 0 Å². The van der Waals surface area contributed by atoms with E-state index in [0.29, 0.717) is 6.54 Å². The SMILES string of the molecule is COc1cccc(NC(=O)C2(CN)CCC2)c1. The number of carbonyl (C=O) groups is 1. The first-order valence-electron chi connectivity index (χ1n) is 5.86. The molecule has 1 aliphatic carbocycles. The Morgan fingerprint density at radius 1 is 1.53 bits per heavy atom. The lowest BCUT2D eigenvalue weighted by atomic mass is 9.68. The number of amides is 1. The maximum absolute atomic E-state index is 12.1. The Balaban J connectivity index is 2.07. The van der Waals surface area contributed by atoms with Crippen LogP contribution in [0.25, 0.3) is 0 Å². The average molecular weight is 234 g/mol. The van der Waals surface area contributed by atoms with Crippen LogP contribution in [0.15, 0.2) is 24.3 Å². The van der Waals surface area contributed by atoms with E-state index < -0.39 is 0 Å². The van der Waals surface area contributed by atoms with E-state index in [1.54, 1.807) is 13.2 Å². The van der Waals surface area contributed by atoms with Crippen molar-refractivity contribution in [3.63, 3.8) is 0 Å². The fourth-order valence-corrected chi connectivity index (χ4v) is 2.09. The number of nitrogens with one attached hydrogen (secondary N) is 1. The lowest BCUT2D eigenvalue weighted by Gasteiger charge is -2.39. The second-order valence-electron chi connectivity index (χ2n) is 4.52. The molecule has 1 amide bonds. The van der Waals surface area contributed by atoms with E-state index in [-0.39, 0.29) is 11.3 Å². The minimum Gasteiger partial charge on any atom is -0.497 e. The van der Waals surface area contributed by atoms with E-state index in [9.17, 15) is 4.79 Å². The van der Waals surface area contributed by atoms with Crippen molar-refractivity contribution in [1.82, 2.24) is 0 Å². The van der Waals surface area contributed by atoms with Crippen molar-refractivity contribution in [3.8, 4) is 5.75 Å². The molecule has 2 rings (SSSR count). The topological polar surface area (TPSA) is 64.3 Å². The monoisotopic (exact) mass is 234 g/mol. The molecule has 0 aromatic heterocycles. The van der Waals surface area contributed by atoms with Gasteiger partial charge in [0.15, 0.2) is 0 Å². The Hall–Kier alpha value is -1.55. The third kappa shape index (κ3) is 2.26. The van der Waals surface area contributed by atoms with Gasteiger partial charge in [-0.2, -0.15) is 0 Å². The molecule has 0 radical (unpaired) electrons. The van der Waals surface area contributed by atoms with E-state index in [1.807, 2.05) is 18.2 Å². The third-order valence-electron chi connectivity index (χ3n) is 3.51. The quantitative estimate of drug-likeness (QED) is 0.834. The highest BCUT2D eigenvalue weighted by Crippen LogP contribution is 2.40. The molecular weight excluding hydrogens is 216 g/mol. The lowest BCUT2D eigenvalue weighted by molar-refractivity contribution is -0.129. The van der Waals surface area contributed by atoms with Crippen LogP contribution in [0, 0.1) is 5.41 Å². The highest BCUT2D eigenvalue weighted by atomic mass is 16.5. The number of hydrogen-bond donors (Lipinski definition) is 2. The van der Waals surface area contributed by atoms with Gasteiger partial charge >= 0.3 is 0 Å². The van der Waals surface area contributed by atoms with Gasteiger partial charge < -0.3 is 15.8 Å². The van der Waals surface area contributed by atoms with Gasteiger partial charge in [-0.3, -0.25) is 4.79 Å². The zero-order valence-electron chi connectivity index (χ0n) is 10.0. The molecule has 0 spiro atoms. The molecule has 0 atom stereocenters. The average Bonchev–Trinajstić information content (AvgIpc) is 2.28. The normalized spacial score (nSPS) is 17.1. The van der Waals surface area contributed by atoms with Crippen molar-refractivity contribution in [2.24, 2.45) is 11.1 Å². The zero-order chi connectivity index (χ0) is 12.3. The summed E-state index contributed by atoms with van der Waals surface area (Å²) in [6.07, 6.45) is 2.86. The van der Waals surface area contributed by atoms with Crippen LogP contribution in [-0.4, -0.2) is 19.6 Å². The van der Waals surface area contributed by atoms with Crippen LogP contribution in [0.4, 0.5) is 5.69 Å². The summed E-state index contributed by atoms with van der Waals surface area (Å²) in [5, 5.41) is 2.91. The first-order chi connectivity index (χ1) is 8.20. The van der Waals surface area contributed by atoms with Crippen LogP contribution in [0.3, 0.4) is 0 Å². The molecule has 1 aromatic rings. The minimum absolute atomic E-state index is 0.0273. The fourth-order valence-electron chi connectivity index (χ4n) is 2.09. The van der Waals surface area contributed by atoms with E-state index >= 15 is 0 Å². The maximum atomic E-state index is 12.1. The fraction of sp³-hybridized carbons (Fsp3) is 0.462. The van der Waals surface area contributed by atoms with Crippen LogP contribution >= 0.6 is 0 Å². The Morgan fingerprint density at radius 3 is 2.82 bits per heavy atom. The first kappa shape index (κ1) is 11.9. The number of rotatable bonds is 4. The van der Waals surface area contributed by atoms with Gasteiger partial charge in [-0.1, -0.05) is 12.5 Å². The number of hydrogen-bond acceptors (Lipinski definition) is 3. The molecule has 17 heavy (non-hydrogen) atoms. The summed E-state index contributed by atoms with van der Waals surface area (Å²) in [6.45, 7) is 0.419. The van der Waals surface area contributed by atoms with E-state index in [1.165, 1.54) is 0 Å². The van der Waals surface area contributed by atoms with Gasteiger partial charge in [0.2, 0.25) is 5.91 Å². The summed E-state index contributed by atoms with van der Waals surface area (Å²) >= 11 is 0. The predicted octanol–water partition coefficient (Wildman–Crippen LogP) is 1.76. The van der Waals surface area contributed by atoms with Crippen molar-refractivity contribution in [2.75, 3.05) is 19.0 Å². The summed E-state index contributed by atoms with van der Waals surface area (Å²) in [6, 6.07) is 7.35. The number of benzene rings is 1. The summed E-state index contributed by atoms with van der Waals surface area (Å²) in [5.74, 6) is 0.762. The number of methoxy groups -OCH3 is 1. The number of nitrogens with two attached hydrogens (primary N) is 1. The largest absolute Gasteiger partial charge is 0.497 e. The highest BCUT2D eigenvalue weighted by molar-refractivity contribution is 5.96. The second kappa shape index (κ2) is 4.75. The van der Waals surface area contributed by atoms with Crippen LogP contribution in [0.1, 0.15) is 19.3 Å². The molecule has 0 saturated heterocycles. The molecule has 0 aliphatic heterocycles. The first-order valence-corrected chi connectivity index (χ1v) is 5.86. The van der Waals surface area contributed by atoms with Gasteiger partial charge in [0, 0.05) is 18.3 Å². The van der Waals surface area contributed by atoms with Gasteiger partial charge in [0.1, 0.15) is 5.75 Å². The van der Waals surface area contributed by atoms with Gasteiger partial charge in [-0.25, -0.2) is 0 Å². The molecular formula is C13H18N2O2. The van der Waals surface area contributed by atoms with Crippen molar-refractivity contribution >= 4 is 11.6 Å².